The summed E-state index contributed by atoms with van der Waals surface area (Å²) in [6.45, 7) is 0. The second-order valence-electron chi connectivity index (χ2n) is 0.706. The largest absolute Gasteiger partial charge is 0.391 e. The van der Waals surface area contributed by atoms with E-state index in [1.165, 1.54) is 0 Å². The molecule has 30 valence electrons. The highest BCUT2D eigenvalue weighted by atomic mass is 32.1. The van der Waals surface area contributed by atoms with Gasteiger partial charge in [0.05, 0.1) is 0 Å². The number of rotatable bonds is 0. The van der Waals surface area contributed by atoms with E-state index in [-0.39, 0.29) is 0 Å². The van der Waals surface area contributed by atoms with Gasteiger partial charge in [0.1, 0.15) is 10.3 Å². The summed E-state index contributed by atoms with van der Waals surface area (Å²) in [6, 6.07) is 0. The van der Waals surface area contributed by atoms with Gasteiger partial charge in [-0.2, -0.15) is 0 Å². The Morgan fingerprint density at radius 2 is 2.50 bits per heavy atom. The lowest BCUT2D eigenvalue weighted by Gasteiger charge is -1.50. The average Bonchev–Trinajstić information content (AvgIpc) is 1.86. The molecular formula is CHN4S+. The van der Waals surface area contributed by atoms with Gasteiger partial charge in [0.2, 0.25) is 5.22 Å². The molecule has 1 N–H and O–H groups in total. The van der Waals surface area contributed by atoms with Gasteiger partial charge in [0.15, 0.2) is 0 Å². The van der Waals surface area contributed by atoms with Gasteiger partial charge in [0, 0.05) is 12.2 Å². The molecule has 0 aromatic heterocycles. The van der Waals surface area contributed by atoms with Crippen LogP contribution in [0.5, 0.6) is 0 Å². The third-order valence-corrected chi connectivity index (χ3v) is 0.499. The van der Waals surface area contributed by atoms with Crippen molar-refractivity contribution in [2.75, 3.05) is 0 Å². The van der Waals surface area contributed by atoms with Gasteiger partial charge < -0.3 is 0 Å². The predicted octanol–water partition coefficient (Wildman–Crippen LogP) is -0.815. The Kier molecular flexibility index (Phi) is 0.681. The quantitative estimate of drug-likeness (QED) is 0.398. The first kappa shape index (κ1) is 3.48. The summed E-state index contributed by atoms with van der Waals surface area (Å²) in [5.41, 5.74) is 0. The van der Waals surface area contributed by atoms with Gasteiger partial charge in [-0.1, -0.05) is 0 Å². The van der Waals surface area contributed by atoms with Crippen molar-refractivity contribution in [1.82, 2.24) is 0 Å². The van der Waals surface area contributed by atoms with E-state index in [0.29, 0.717) is 5.11 Å². The highest BCUT2D eigenvalue weighted by molar-refractivity contribution is 7.79. The van der Waals surface area contributed by atoms with Crippen LogP contribution in [-0.2, 0) is 0 Å². The Labute approximate surface area is 39.0 Å². The maximum atomic E-state index is 4.45. The fraction of sp³-hybridized carbons (Fsp3) is 0. The summed E-state index contributed by atoms with van der Waals surface area (Å²) < 4.78 is 0. The van der Waals surface area contributed by atoms with Crippen LogP contribution in [0, 0.1) is 0 Å². The molecular weight excluding hydrogens is 100 g/mol. The molecule has 0 atom stereocenters. The Morgan fingerprint density at radius 1 is 1.67 bits per heavy atom. The van der Waals surface area contributed by atoms with Gasteiger partial charge in [-0.25, -0.2) is 0 Å². The van der Waals surface area contributed by atoms with Crippen molar-refractivity contribution >= 4 is 17.3 Å². The highest BCUT2D eigenvalue weighted by Crippen LogP contribution is 1.75. The lowest BCUT2D eigenvalue weighted by atomic mass is 11.2. The van der Waals surface area contributed by atoms with Crippen LogP contribution in [0.25, 0.3) is 0 Å². The molecule has 1 aliphatic rings. The minimum absolute atomic E-state index is 0.329. The molecule has 5 heteroatoms. The fourth-order valence-electron chi connectivity index (χ4n) is 0.150. The summed E-state index contributed by atoms with van der Waals surface area (Å²) in [7, 11) is 0. The first-order chi connectivity index (χ1) is 2.89. The fourth-order valence-corrected chi connectivity index (χ4v) is 0.228. The maximum Gasteiger partial charge on any atom is 0.391 e. The smallest absolute Gasteiger partial charge is 0.134 e. The van der Waals surface area contributed by atoms with Crippen LogP contribution >= 0.6 is 12.2 Å². The van der Waals surface area contributed by atoms with Crippen molar-refractivity contribution in [2.45, 2.75) is 0 Å². The second-order valence-corrected chi connectivity index (χ2v) is 1.09. The Hall–Kier alpha value is -0.710. The molecule has 0 aliphatic carbocycles. The molecule has 0 unspecified atom stereocenters. The van der Waals surface area contributed by atoms with Crippen molar-refractivity contribution < 1.29 is 5.11 Å². The molecule has 0 radical (unpaired) electrons. The van der Waals surface area contributed by atoms with E-state index in [9.17, 15) is 0 Å². The molecule has 0 saturated heterocycles. The Balaban J connectivity index is 2.86. The van der Waals surface area contributed by atoms with E-state index in [4.69, 9.17) is 0 Å². The summed E-state index contributed by atoms with van der Waals surface area (Å²) >= 11 is 4.45. The zero-order chi connectivity index (χ0) is 4.41. The molecule has 6 heavy (non-hydrogen) atoms. The Morgan fingerprint density at radius 3 is 2.67 bits per heavy atom. The summed E-state index contributed by atoms with van der Waals surface area (Å²) in [5, 5.41) is 12.4. The topological polar surface area (TPSA) is 51.0 Å². The van der Waals surface area contributed by atoms with Crippen molar-refractivity contribution in [3.63, 3.8) is 0 Å². The number of hydrogen-bond acceptors (Lipinski definition) is 3. The monoisotopic (exact) mass is 101 g/mol. The minimum atomic E-state index is 0.329. The molecule has 1 aliphatic heterocycles. The molecule has 1 heterocycles. The van der Waals surface area contributed by atoms with Crippen LogP contribution in [0.4, 0.5) is 0 Å². The molecule has 0 aromatic carbocycles. The van der Waals surface area contributed by atoms with Crippen molar-refractivity contribution in [1.29, 1.82) is 0 Å². The molecule has 0 aromatic rings. The lowest BCUT2D eigenvalue weighted by Crippen LogP contribution is -2.66. The van der Waals surface area contributed by atoms with Crippen LogP contribution in [0.3, 0.4) is 0 Å². The number of thiocarbonyl (C=S) groups is 1. The molecule has 0 spiro atoms. The van der Waals surface area contributed by atoms with Gasteiger partial charge >= 0.3 is 5.11 Å². The predicted molar refractivity (Wildman–Crippen MR) is 20.8 cm³/mol. The van der Waals surface area contributed by atoms with Crippen LogP contribution in [0.1, 0.15) is 0 Å². The molecule has 0 fully saturated rings. The first-order valence-corrected chi connectivity index (χ1v) is 1.71. The normalized spacial score (nSPS) is 17.0. The third kappa shape index (κ3) is 0.436. The lowest BCUT2D eigenvalue weighted by molar-refractivity contribution is -0.395. The van der Waals surface area contributed by atoms with Gasteiger partial charge in [-0.15, -0.1) is 5.11 Å². The summed E-state index contributed by atoms with van der Waals surface area (Å²) in [5.74, 6) is 0. The number of nitrogens with one attached hydrogen (secondary N) is 1. The SMILES string of the molecule is S=C1N=NN=[NH+]1. The molecule has 0 amide bonds. The standard InChI is InChI=1S/CN4S/c6-1-2-4-5-3-1/p+1. The second kappa shape index (κ2) is 1.17. The summed E-state index contributed by atoms with van der Waals surface area (Å²) in [4.78, 5) is 0. The zero-order valence-corrected chi connectivity index (χ0v) is 3.57. The van der Waals surface area contributed by atoms with E-state index < -0.39 is 0 Å². The number of hydrogen-bond donors (Lipinski definition) is 1. The van der Waals surface area contributed by atoms with Crippen molar-refractivity contribution in [3.05, 3.63) is 0 Å². The minimum Gasteiger partial charge on any atom is -0.134 e. The van der Waals surface area contributed by atoms with E-state index >= 15 is 0 Å². The third-order valence-electron chi connectivity index (χ3n) is 0.326. The average molecular weight is 101 g/mol. The molecule has 0 saturated carbocycles. The zero-order valence-electron chi connectivity index (χ0n) is 2.75. The van der Waals surface area contributed by atoms with Crippen molar-refractivity contribution in [2.24, 2.45) is 15.6 Å². The van der Waals surface area contributed by atoms with Crippen LogP contribution in [-0.4, -0.2) is 5.11 Å². The van der Waals surface area contributed by atoms with Gasteiger partial charge in [0.25, 0.3) is 0 Å². The first-order valence-electron chi connectivity index (χ1n) is 1.30. The van der Waals surface area contributed by atoms with Crippen molar-refractivity contribution in [3.8, 4) is 0 Å². The Bertz CT molecular complexity index is 110. The number of nitrogens with zero attached hydrogens (tertiary/aromatic N) is 3. The van der Waals surface area contributed by atoms with Crippen LogP contribution in [0.15, 0.2) is 15.6 Å². The van der Waals surface area contributed by atoms with E-state index in [0.717, 1.165) is 0 Å². The molecule has 1 rings (SSSR count). The van der Waals surface area contributed by atoms with Crippen LogP contribution in [0.2, 0.25) is 0 Å². The van der Waals surface area contributed by atoms with E-state index in [2.05, 4.69) is 32.9 Å². The van der Waals surface area contributed by atoms with Gasteiger partial charge in [-0.05, 0) is 0 Å². The molecule has 4 nitrogen and oxygen atoms in total. The maximum absolute atomic E-state index is 4.45. The highest BCUT2D eigenvalue weighted by Gasteiger charge is 2.03. The summed E-state index contributed by atoms with van der Waals surface area (Å²) in [6.07, 6.45) is 0. The van der Waals surface area contributed by atoms with Gasteiger partial charge in [-0.3, -0.25) is 0 Å². The van der Waals surface area contributed by atoms with E-state index in [1.807, 2.05) is 0 Å². The molecule has 0 bridgehead atoms. The van der Waals surface area contributed by atoms with E-state index in [1.54, 1.807) is 0 Å². The van der Waals surface area contributed by atoms with Crippen LogP contribution < -0.4 is 5.11 Å².